The molecule has 4 heteroatoms. The summed E-state index contributed by atoms with van der Waals surface area (Å²) in [6.45, 7) is 3.74. The predicted molar refractivity (Wildman–Crippen MR) is 84.2 cm³/mol. The normalized spacial score (nSPS) is 19.6. The molecular formula is C17H32O4. The average molecular weight is 300 g/mol. The Balaban J connectivity index is 0.000000342. The van der Waals surface area contributed by atoms with Crippen LogP contribution >= 0.6 is 0 Å². The minimum atomic E-state index is -0.602. The van der Waals surface area contributed by atoms with Gasteiger partial charge in [0, 0.05) is 5.92 Å². The zero-order chi connectivity index (χ0) is 16.1. The van der Waals surface area contributed by atoms with Crippen LogP contribution < -0.4 is 0 Å². The van der Waals surface area contributed by atoms with Gasteiger partial charge in [0.25, 0.3) is 0 Å². The number of aliphatic carboxylic acids is 1. The number of carboxylic acid groups (broad SMARTS) is 1. The van der Waals surface area contributed by atoms with E-state index in [-0.39, 0.29) is 24.2 Å². The molecule has 0 heterocycles. The lowest BCUT2D eigenvalue weighted by atomic mass is 9.86. The minimum absolute atomic E-state index is 0.0289. The number of carbonyl (C=O) groups excluding carboxylic acids is 1. The molecule has 2 saturated carbocycles. The van der Waals surface area contributed by atoms with E-state index < -0.39 is 5.97 Å². The van der Waals surface area contributed by atoms with Gasteiger partial charge >= 0.3 is 5.97 Å². The van der Waals surface area contributed by atoms with E-state index in [0.29, 0.717) is 0 Å². The van der Waals surface area contributed by atoms with Gasteiger partial charge in [-0.3, -0.25) is 9.59 Å². The quantitative estimate of drug-likeness (QED) is 0.831. The second-order valence-corrected chi connectivity index (χ2v) is 5.63. The molecule has 0 saturated heterocycles. The molecule has 0 spiro atoms. The van der Waals surface area contributed by atoms with Gasteiger partial charge in [0.15, 0.2) is 5.78 Å². The summed E-state index contributed by atoms with van der Waals surface area (Å²) in [6, 6.07) is 0. The maximum absolute atomic E-state index is 10.9. The number of hydrogen-bond acceptors (Lipinski definition) is 3. The van der Waals surface area contributed by atoms with Crippen molar-refractivity contribution in [1.29, 1.82) is 0 Å². The third-order valence-electron chi connectivity index (χ3n) is 4.17. The van der Waals surface area contributed by atoms with Crippen LogP contribution in [0.3, 0.4) is 0 Å². The second-order valence-electron chi connectivity index (χ2n) is 5.63. The van der Waals surface area contributed by atoms with E-state index in [4.69, 9.17) is 10.2 Å². The molecule has 2 N–H and O–H groups in total. The largest absolute Gasteiger partial charge is 0.481 e. The van der Waals surface area contributed by atoms with Crippen molar-refractivity contribution in [2.45, 2.75) is 78.1 Å². The van der Waals surface area contributed by atoms with Crippen LogP contribution in [0.4, 0.5) is 0 Å². The van der Waals surface area contributed by atoms with E-state index >= 15 is 0 Å². The van der Waals surface area contributed by atoms with Crippen molar-refractivity contribution in [1.82, 2.24) is 0 Å². The van der Waals surface area contributed by atoms with Crippen molar-refractivity contribution in [2.75, 3.05) is 6.61 Å². The molecule has 124 valence electrons. The van der Waals surface area contributed by atoms with Crippen molar-refractivity contribution < 1.29 is 19.8 Å². The molecule has 0 aromatic carbocycles. The predicted octanol–water partition coefficient (Wildman–Crippen LogP) is 3.81. The SMILES string of the molecule is CC.O=C(CO)C1CCCCC1.O=C(O)C1CCCCC1. The number of aliphatic hydroxyl groups is 1. The minimum Gasteiger partial charge on any atom is -0.481 e. The molecule has 2 rings (SSSR count). The van der Waals surface area contributed by atoms with Crippen LogP contribution in [0.5, 0.6) is 0 Å². The highest BCUT2D eigenvalue weighted by atomic mass is 16.4. The van der Waals surface area contributed by atoms with Crippen LogP contribution in [0.15, 0.2) is 0 Å². The first-order valence-corrected chi connectivity index (χ1v) is 8.51. The monoisotopic (exact) mass is 300 g/mol. The fourth-order valence-electron chi connectivity index (χ4n) is 2.90. The van der Waals surface area contributed by atoms with E-state index in [1.54, 1.807) is 0 Å². The highest BCUT2D eigenvalue weighted by molar-refractivity contribution is 5.81. The fraction of sp³-hybridized carbons (Fsp3) is 0.882. The number of ketones is 1. The van der Waals surface area contributed by atoms with E-state index in [1.807, 2.05) is 13.8 Å². The smallest absolute Gasteiger partial charge is 0.306 e. The molecule has 0 atom stereocenters. The van der Waals surface area contributed by atoms with Crippen LogP contribution in [-0.2, 0) is 9.59 Å². The highest BCUT2D eigenvalue weighted by Gasteiger charge is 2.20. The Morgan fingerprint density at radius 1 is 0.810 bits per heavy atom. The number of aliphatic hydroxyl groups excluding tert-OH is 1. The Labute approximate surface area is 128 Å². The number of carboxylic acids is 1. The summed E-state index contributed by atoms with van der Waals surface area (Å²) in [5.74, 6) is -0.410. The van der Waals surface area contributed by atoms with Gasteiger partial charge < -0.3 is 10.2 Å². The molecule has 21 heavy (non-hydrogen) atoms. The first-order chi connectivity index (χ1) is 10.1. The van der Waals surface area contributed by atoms with Crippen LogP contribution in [0.25, 0.3) is 0 Å². The maximum atomic E-state index is 10.9. The molecule has 0 radical (unpaired) electrons. The number of hydrogen-bond donors (Lipinski definition) is 2. The first-order valence-electron chi connectivity index (χ1n) is 8.51. The molecule has 2 aliphatic rings. The molecule has 0 aliphatic heterocycles. The number of rotatable bonds is 3. The Kier molecular flexibility index (Phi) is 12.3. The lowest BCUT2D eigenvalue weighted by molar-refractivity contribution is -0.142. The first kappa shape index (κ1) is 20.1. The third kappa shape index (κ3) is 8.86. The number of Topliss-reactive ketones (excluding diaryl/α,β-unsaturated/α-hetero) is 1. The van der Waals surface area contributed by atoms with Crippen molar-refractivity contribution in [3.63, 3.8) is 0 Å². The van der Waals surface area contributed by atoms with Gasteiger partial charge in [0.2, 0.25) is 0 Å². The summed E-state index contributed by atoms with van der Waals surface area (Å²) in [5.41, 5.74) is 0. The molecule has 0 unspecified atom stereocenters. The van der Waals surface area contributed by atoms with Gasteiger partial charge in [0.1, 0.15) is 6.61 Å². The fourth-order valence-corrected chi connectivity index (χ4v) is 2.90. The Bertz CT molecular complexity index is 277. The van der Waals surface area contributed by atoms with Gasteiger partial charge in [0.05, 0.1) is 5.92 Å². The van der Waals surface area contributed by atoms with Crippen molar-refractivity contribution in [3.05, 3.63) is 0 Å². The molecular weight excluding hydrogens is 268 g/mol. The topological polar surface area (TPSA) is 74.6 Å². The van der Waals surface area contributed by atoms with Gasteiger partial charge in [-0.05, 0) is 25.7 Å². The molecule has 0 amide bonds. The van der Waals surface area contributed by atoms with Crippen LogP contribution in [0.2, 0.25) is 0 Å². The third-order valence-corrected chi connectivity index (χ3v) is 4.17. The Morgan fingerprint density at radius 3 is 1.48 bits per heavy atom. The molecule has 0 bridgehead atoms. The second kappa shape index (κ2) is 12.8. The highest BCUT2D eigenvalue weighted by Crippen LogP contribution is 2.24. The summed E-state index contributed by atoms with van der Waals surface area (Å²) in [4.78, 5) is 21.3. The maximum Gasteiger partial charge on any atom is 0.306 e. The summed E-state index contributed by atoms with van der Waals surface area (Å²) in [5, 5.41) is 17.1. The Hall–Kier alpha value is -0.900. The van der Waals surface area contributed by atoms with Gasteiger partial charge in [-0.15, -0.1) is 0 Å². The standard InChI is InChI=1S/C8H14O2.C7H12O2.C2H6/c9-6-8(10)7-4-2-1-3-5-7;8-7(9)6-4-2-1-3-5-6;1-2/h7,9H,1-6H2;6H,1-5H2,(H,8,9);1-2H3. The van der Waals surface area contributed by atoms with Crippen molar-refractivity contribution >= 4 is 11.8 Å². The van der Waals surface area contributed by atoms with E-state index in [1.165, 1.54) is 12.8 Å². The summed E-state index contributed by atoms with van der Waals surface area (Å²) in [7, 11) is 0. The van der Waals surface area contributed by atoms with E-state index in [9.17, 15) is 9.59 Å². The molecule has 0 aromatic heterocycles. The summed E-state index contributed by atoms with van der Waals surface area (Å²) < 4.78 is 0. The number of carbonyl (C=O) groups is 2. The van der Waals surface area contributed by atoms with Crippen molar-refractivity contribution in [2.24, 2.45) is 11.8 Å². The zero-order valence-electron chi connectivity index (χ0n) is 13.6. The van der Waals surface area contributed by atoms with Crippen LogP contribution in [0, 0.1) is 11.8 Å². The van der Waals surface area contributed by atoms with E-state index in [0.717, 1.165) is 51.4 Å². The van der Waals surface area contributed by atoms with Crippen LogP contribution in [0.1, 0.15) is 78.1 Å². The van der Waals surface area contributed by atoms with E-state index in [2.05, 4.69) is 0 Å². The van der Waals surface area contributed by atoms with Gasteiger partial charge in [-0.1, -0.05) is 52.4 Å². The van der Waals surface area contributed by atoms with Crippen LogP contribution in [-0.4, -0.2) is 28.6 Å². The molecule has 0 aromatic rings. The molecule has 2 fully saturated rings. The zero-order valence-corrected chi connectivity index (χ0v) is 13.6. The van der Waals surface area contributed by atoms with Crippen molar-refractivity contribution in [3.8, 4) is 0 Å². The Morgan fingerprint density at radius 2 is 1.19 bits per heavy atom. The van der Waals surface area contributed by atoms with Gasteiger partial charge in [-0.25, -0.2) is 0 Å². The average Bonchev–Trinajstić information content (AvgIpc) is 2.58. The lowest BCUT2D eigenvalue weighted by Gasteiger charge is -2.18. The molecule has 4 nitrogen and oxygen atoms in total. The summed E-state index contributed by atoms with van der Waals surface area (Å²) in [6.07, 6.45) is 10.8. The van der Waals surface area contributed by atoms with Gasteiger partial charge in [-0.2, -0.15) is 0 Å². The summed E-state index contributed by atoms with van der Waals surface area (Å²) >= 11 is 0. The lowest BCUT2D eigenvalue weighted by Crippen LogP contribution is -2.20. The molecule has 2 aliphatic carbocycles.